The van der Waals surface area contributed by atoms with E-state index in [9.17, 15) is 14.4 Å². The summed E-state index contributed by atoms with van der Waals surface area (Å²) in [5.74, 6) is -1.03. The molecule has 0 aliphatic carbocycles. The Kier molecular flexibility index (Phi) is 6.67. The van der Waals surface area contributed by atoms with Crippen LogP contribution in [0.15, 0.2) is 65.4 Å². The quantitative estimate of drug-likeness (QED) is 0.403. The molecule has 0 saturated carbocycles. The molecule has 4 rings (SSSR count). The molecule has 0 aliphatic heterocycles. The smallest absolute Gasteiger partial charge is 0.339 e. The Labute approximate surface area is 194 Å². The van der Waals surface area contributed by atoms with Gasteiger partial charge in [0, 0.05) is 12.6 Å². The molecular weight excluding hydrogens is 438 g/mol. The van der Waals surface area contributed by atoms with Gasteiger partial charge in [-0.2, -0.15) is 5.10 Å². The van der Waals surface area contributed by atoms with Gasteiger partial charge in [-0.15, -0.1) is 0 Å². The highest BCUT2D eigenvalue weighted by Gasteiger charge is 2.21. The van der Waals surface area contributed by atoms with E-state index in [4.69, 9.17) is 9.15 Å². The van der Waals surface area contributed by atoms with Crippen LogP contribution in [0, 0.1) is 0 Å². The second kappa shape index (κ2) is 9.99. The molecule has 0 spiro atoms. The van der Waals surface area contributed by atoms with Crippen molar-refractivity contribution in [1.82, 2.24) is 25.4 Å². The van der Waals surface area contributed by atoms with E-state index in [0.717, 1.165) is 5.56 Å². The van der Waals surface area contributed by atoms with Crippen LogP contribution in [0.4, 0.5) is 4.79 Å². The minimum absolute atomic E-state index is 0.000831. The van der Waals surface area contributed by atoms with E-state index in [2.05, 4.69) is 20.7 Å². The van der Waals surface area contributed by atoms with Crippen LogP contribution in [0.25, 0.3) is 22.5 Å². The Balaban J connectivity index is 1.44. The van der Waals surface area contributed by atoms with Gasteiger partial charge in [-0.25, -0.2) is 19.3 Å². The average Bonchev–Trinajstić information content (AvgIpc) is 3.51. The summed E-state index contributed by atoms with van der Waals surface area (Å²) in [6.07, 6.45) is 3.04. The van der Waals surface area contributed by atoms with E-state index < -0.39 is 24.5 Å². The maximum atomic E-state index is 12.9. The molecule has 1 aromatic carbocycles. The fourth-order valence-corrected chi connectivity index (χ4v) is 3.31. The summed E-state index contributed by atoms with van der Waals surface area (Å²) in [7, 11) is 0. The van der Waals surface area contributed by atoms with Crippen LogP contribution in [-0.4, -0.2) is 39.3 Å². The highest BCUT2D eigenvalue weighted by atomic mass is 16.5. The van der Waals surface area contributed by atoms with E-state index >= 15 is 0 Å². The third-order valence-corrected chi connectivity index (χ3v) is 4.93. The third kappa shape index (κ3) is 5.12. The summed E-state index contributed by atoms with van der Waals surface area (Å²) in [5, 5.41) is 9.51. The van der Waals surface area contributed by atoms with Crippen LogP contribution in [0.5, 0.6) is 0 Å². The van der Waals surface area contributed by atoms with Crippen molar-refractivity contribution in [2.75, 3.05) is 6.61 Å². The summed E-state index contributed by atoms with van der Waals surface area (Å²) >= 11 is 0. The highest BCUT2D eigenvalue weighted by Crippen LogP contribution is 2.27. The fraction of sp³-hybridized carbons (Fsp3) is 0.208. The molecule has 34 heavy (non-hydrogen) atoms. The van der Waals surface area contributed by atoms with E-state index in [1.54, 1.807) is 16.8 Å². The van der Waals surface area contributed by atoms with E-state index in [-0.39, 0.29) is 18.2 Å². The van der Waals surface area contributed by atoms with Crippen LogP contribution in [-0.2, 0) is 16.1 Å². The van der Waals surface area contributed by atoms with Gasteiger partial charge in [-0.1, -0.05) is 30.3 Å². The first-order chi connectivity index (χ1) is 16.4. The number of furan rings is 1. The number of ether oxygens (including phenoxy) is 1. The summed E-state index contributed by atoms with van der Waals surface area (Å²) in [6.45, 7) is 3.51. The lowest BCUT2D eigenvalue weighted by molar-refractivity contribution is -0.123. The third-order valence-electron chi connectivity index (χ3n) is 4.93. The molecule has 3 amide bonds. The lowest BCUT2D eigenvalue weighted by Crippen LogP contribution is -2.41. The van der Waals surface area contributed by atoms with Gasteiger partial charge in [0.15, 0.2) is 18.0 Å². The number of hydrogen-bond donors (Lipinski definition) is 2. The number of amides is 3. The lowest BCUT2D eigenvalue weighted by atomic mass is 10.1. The monoisotopic (exact) mass is 461 g/mol. The van der Waals surface area contributed by atoms with Crippen LogP contribution >= 0.6 is 0 Å². The van der Waals surface area contributed by atoms with Crippen molar-refractivity contribution < 1.29 is 23.5 Å². The summed E-state index contributed by atoms with van der Waals surface area (Å²) in [6, 6.07) is 13.5. The normalized spacial score (nSPS) is 10.9. The van der Waals surface area contributed by atoms with Crippen molar-refractivity contribution in [3.8, 4) is 11.5 Å². The van der Waals surface area contributed by atoms with Crippen LogP contribution in [0.2, 0.25) is 0 Å². The van der Waals surface area contributed by atoms with Gasteiger partial charge in [-0.3, -0.25) is 10.1 Å². The molecule has 0 fully saturated rings. The SMILES string of the molecule is CC(C)n1ncc2c(C(=O)OCC(=O)NC(=O)NCc3ccccc3)cc(-c3ccco3)nc21. The molecule has 2 N–H and O–H groups in total. The van der Waals surface area contributed by atoms with Crippen LogP contribution in [0.3, 0.4) is 0 Å². The standard InChI is InChI=1S/C24H23N5O5/c1-15(2)29-22-18(13-26-29)17(11-19(27-22)20-9-6-10-33-20)23(31)34-14-21(30)28-24(32)25-12-16-7-4-3-5-8-16/h3-11,13,15H,12,14H2,1-2H3,(H2,25,28,30,32). The highest BCUT2D eigenvalue weighted by molar-refractivity contribution is 6.04. The second-order valence-corrected chi connectivity index (χ2v) is 7.75. The first-order valence-corrected chi connectivity index (χ1v) is 10.6. The van der Waals surface area contributed by atoms with Crippen molar-refractivity contribution >= 4 is 28.9 Å². The average molecular weight is 461 g/mol. The minimum Gasteiger partial charge on any atom is -0.463 e. The van der Waals surface area contributed by atoms with Gasteiger partial charge in [0.05, 0.1) is 23.4 Å². The zero-order valence-electron chi connectivity index (χ0n) is 18.6. The largest absolute Gasteiger partial charge is 0.463 e. The molecule has 10 nitrogen and oxygen atoms in total. The van der Waals surface area contributed by atoms with Crippen molar-refractivity contribution in [1.29, 1.82) is 0 Å². The number of carbonyl (C=O) groups is 3. The van der Waals surface area contributed by atoms with E-state index in [1.165, 1.54) is 18.5 Å². The summed E-state index contributed by atoms with van der Waals surface area (Å²) < 4.78 is 12.3. The number of esters is 1. The molecule has 0 aliphatic rings. The topological polar surface area (TPSA) is 128 Å². The fourth-order valence-electron chi connectivity index (χ4n) is 3.31. The number of aromatic nitrogens is 3. The number of rotatable bonds is 7. The molecule has 174 valence electrons. The van der Waals surface area contributed by atoms with Gasteiger partial charge in [0.25, 0.3) is 5.91 Å². The Bertz CT molecular complexity index is 1310. The maximum Gasteiger partial charge on any atom is 0.339 e. The number of nitrogens with one attached hydrogen (secondary N) is 2. The van der Waals surface area contributed by atoms with Gasteiger partial charge in [-0.05, 0) is 37.6 Å². The molecule has 0 bridgehead atoms. The van der Waals surface area contributed by atoms with Crippen molar-refractivity contribution in [2.24, 2.45) is 0 Å². The Morgan fingerprint density at radius 1 is 1.12 bits per heavy atom. The number of nitrogens with zero attached hydrogens (tertiary/aromatic N) is 3. The molecule has 0 radical (unpaired) electrons. The molecule has 0 saturated heterocycles. The van der Waals surface area contributed by atoms with Gasteiger partial charge < -0.3 is 14.5 Å². The number of urea groups is 1. The second-order valence-electron chi connectivity index (χ2n) is 7.75. The number of hydrogen-bond acceptors (Lipinski definition) is 7. The zero-order valence-corrected chi connectivity index (χ0v) is 18.6. The van der Waals surface area contributed by atoms with Crippen molar-refractivity contribution in [3.63, 3.8) is 0 Å². The lowest BCUT2D eigenvalue weighted by Gasteiger charge is -2.10. The number of imide groups is 1. The minimum atomic E-state index is -0.756. The number of fused-ring (bicyclic) bond motifs is 1. The van der Waals surface area contributed by atoms with Crippen LogP contribution < -0.4 is 10.6 Å². The summed E-state index contributed by atoms with van der Waals surface area (Å²) in [5.41, 5.74) is 1.98. The first kappa shape index (κ1) is 22.7. The Morgan fingerprint density at radius 3 is 2.62 bits per heavy atom. The maximum absolute atomic E-state index is 12.9. The number of pyridine rings is 1. The van der Waals surface area contributed by atoms with Crippen molar-refractivity contribution in [3.05, 3.63) is 72.1 Å². The van der Waals surface area contributed by atoms with E-state index in [0.29, 0.717) is 22.5 Å². The molecule has 0 atom stereocenters. The predicted octanol–water partition coefficient (Wildman–Crippen LogP) is 3.46. The number of benzene rings is 1. The molecular formula is C24H23N5O5. The number of carbonyl (C=O) groups excluding carboxylic acids is 3. The molecule has 4 aromatic rings. The zero-order chi connectivity index (χ0) is 24.1. The van der Waals surface area contributed by atoms with Crippen molar-refractivity contribution in [2.45, 2.75) is 26.4 Å². The Hall–Kier alpha value is -4.47. The molecule has 0 unspecified atom stereocenters. The van der Waals surface area contributed by atoms with E-state index in [1.807, 2.05) is 44.2 Å². The van der Waals surface area contributed by atoms with Gasteiger partial charge in [0.1, 0.15) is 5.69 Å². The molecule has 10 heteroatoms. The van der Waals surface area contributed by atoms with Gasteiger partial charge >= 0.3 is 12.0 Å². The first-order valence-electron chi connectivity index (χ1n) is 10.6. The molecule has 3 heterocycles. The Morgan fingerprint density at radius 2 is 1.91 bits per heavy atom. The van der Waals surface area contributed by atoms with Crippen LogP contribution in [0.1, 0.15) is 35.8 Å². The summed E-state index contributed by atoms with van der Waals surface area (Å²) in [4.78, 5) is 41.5. The predicted molar refractivity (Wildman–Crippen MR) is 123 cm³/mol. The van der Waals surface area contributed by atoms with Gasteiger partial charge in [0.2, 0.25) is 0 Å². The molecule has 3 aromatic heterocycles.